The normalized spacial score (nSPS) is 11.7. The molecule has 0 bridgehead atoms. The van der Waals surface area contributed by atoms with Crippen LogP contribution in [0, 0.1) is 13.8 Å². The molecule has 1 heterocycles. The molecule has 0 radical (unpaired) electrons. The van der Waals surface area contributed by atoms with Gasteiger partial charge in [0.05, 0.1) is 16.1 Å². The van der Waals surface area contributed by atoms with Crippen molar-refractivity contribution in [2.45, 2.75) is 42.7 Å². The average Bonchev–Trinajstić information content (AvgIpc) is 3.41. The van der Waals surface area contributed by atoms with Gasteiger partial charge in [0, 0.05) is 18.3 Å². The Bertz CT molecular complexity index is 1470. The van der Waals surface area contributed by atoms with Gasteiger partial charge in [-0.2, -0.15) is 16.8 Å². The average molecular weight is 590 g/mol. The number of nitrogens with two attached hydrogens (primary N) is 1. The zero-order valence-corrected chi connectivity index (χ0v) is 23.5. The van der Waals surface area contributed by atoms with Crippen molar-refractivity contribution in [2.75, 3.05) is 0 Å². The Morgan fingerprint density at radius 1 is 0.850 bits per heavy atom. The first-order valence-electron chi connectivity index (χ1n) is 11.8. The number of rotatable bonds is 7. The van der Waals surface area contributed by atoms with E-state index in [9.17, 15) is 21.6 Å². The van der Waals surface area contributed by atoms with Gasteiger partial charge < -0.3 is 15.5 Å². The minimum atomic E-state index is -4.02. The van der Waals surface area contributed by atoms with Crippen LogP contribution in [0.2, 0.25) is 0 Å². The van der Waals surface area contributed by atoms with E-state index in [1.165, 1.54) is 24.3 Å². The van der Waals surface area contributed by atoms with Crippen LogP contribution in [0.4, 0.5) is 0 Å². The van der Waals surface area contributed by atoms with Gasteiger partial charge in [0.25, 0.3) is 20.2 Å². The fourth-order valence-electron chi connectivity index (χ4n) is 2.97. The highest BCUT2D eigenvalue weighted by atomic mass is 32.2. The molecule has 0 saturated carbocycles. The highest BCUT2D eigenvalue weighted by Gasteiger charge is 2.16. The van der Waals surface area contributed by atoms with Crippen LogP contribution in [-0.2, 0) is 42.8 Å². The second-order valence-corrected chi connectivity index (χ2v) is 11.4. The first-order valence-corrected chi connectivity index (χ1v) is 14.7. The van der Waals surface area contributed by atoms with Crippen molar-refractivity contribution < 1.29 is 35.5 Å². The number of aryl methyl sites for hydroxylation is 2. The molecule has 5 N–H and O–H groups in total. The van der Waals surface area contributed by atoms with Crippen LogP contribution in [0.3, 0.4) is 0 Å². The summed E-state index contributed by atoms with van der Waals surface area (Å²) in [5.74, 6) is -0.409. The second kappa shape index (κ2) is 15.1. The highest BCUT2D eigenvalue weighted by molar-refractivity contribution is 7.86. The number of carbonyl (C=O) groups excluding carboxylic acids is 1. The van der Waals surface area contributed by atoms with E-state index in [0.717, 1.165) is 22.4 Å². The minimum absolute atomic E-state index is 0.0666. The highest BCUT2D eigenvalue weighted by Crippen LogP contribution is 2.09. The zero-order valence-electron chi connectivity index (χ0n) is 21.8. The SMILES string of the molecule is Cc1ccc(S(=O)(=O)O)cc1.Cc1ccc(S(=O)(=O)O)cc1.NC(Cc1cnc[nH]1)C(=O)OCc1ccccc1. The Morgan fingerprint density at radius 2 is 1.32 bits per heavy atom. The summed E-state index contributed by atoms with van der Waals surface area (Å²) >= 11 is 0. The fraction of sp³-hybridized carbons (Fsp3) is 0.185. The van der Waals surface area contributed by atoms with E-state index in [0.29, 0.717) is 6.42 Å². The van der Waals surface area contributed by atoms with E-state index in [4.69, 9.17) is 19.6 Å². The molecule has 1 unspecified atom stereocenters. The van der Waals surface area contributed by atoms with Gasteiger partial charge in [-0.05, 0) is 43.7 Å². The Morgan fingerprint density at radius 3 is 1.73 bits per heavy atom. The van der Waals surface area contributed by atoms with Crippen LogP contribution in [0.5, 0.6) is 0 Å². The maximum atomic E-state index is 11.7. The maximum absolute atomic E-state index is 11.7. The third kappa shape index (κ3) is 11.9. The Hall–Kier alpha value is -3.88. The predicted molar refractivity (Wildman–Crippen MR) is 148 cm³/mol. The zero-order chi connectivity index (χ0) is 29.8. The summed E-state index contributed by atoms with van der Waals surface area (Å²) in [6.45, 7) is 3.93. The molecule has 0 amide bonds. The standard InChI is InChI=1S/C13H15N3O2.2C7H8O3S/c14-12(6-11-7-15-9-16-11)13(17)18-8-10-4-2-1-3-5-10;2*1-6-2-4-7(5-3-6)11(8,9)10/h1-5,7,9,12H,6,8,14H2,(H,15,16);2*2-5H,1H3,(H,8,9,10). The molecular weight excluding hydrogens is 558 g/mol. The molecule has 3 aromatic carbocycles. The molecule has 13 heteroatoms. The van der Waals surface area contributed by atoms with Gasteiger partial charge in [0.15, 0.2) is 0 Å². The van der Waals surface area contributed by atoms with Crippen LogP contribution in [0.1, 0.15) is 22.4 Å². The first kappa shape index (κ1) is 32.3. The van der Waals surface area contributed by atoms with Gasteiger partial charge >= 0.3 is 5.97 Å². The number of nitrogens with one attached hydrogen (secondary N) is 1. The quantitative estimate of drug-likeness (QED) is 0.183. The van der Waals surface area contributed by atoms with Gasteiger partial charge in [-0.15, -0.1) is 0 Å². The van der Waals surface area contributed by atoms with Crippen LogP contribution in [0.15, 0.2) is 101 Å². The van der Waals surface area contributed by atoms with Crippen LogP contribution in [-0.4, -0.2) is 47.9 Å². The summed E-state index contributed by atoms with van der Waals surface area (Å²) in [6.07, 6.45) is 3.59. The van der Waals surface area contributed by atoms with Crippen molar-refractivity contribution in [1.82, 2.24) is 9.97 Å². The summed E-state index contributed by atoms with van der Waals surface area (Å²) in [7, 11) is -8.04. The molecule has 4 rings (SSSR count). The number of hydrogen-bond donors (Lipinski definition) is 4. The lowest BCUT2D eigenvalue weighted by atomic mass is 10.2. The lowest BCUT2D eigenvalue weighted by Crippen LogP contribution is -2.34. The Labute approximate surface area is 233 Å². The van der Waals surface area contributed by atoms with E-state index in [1.807, 2.05) is 44.2 Å². The summed E-state index contributed by atoms with van der Waals surface area (Å²) < 4.78 is 64.2. The molecule has 214 valence electrons. The van der Waals surface area contributed by atoms with Crippen molar-refractivity contribution in [3.05, 3.63) is 114 Å². The topological polar surface area (TPSA) is 190 Å². The minimum Gasteiger partial charge on any atom is -0.460 e. The summed E-state index contributed by atoms with van der Waals surface area (Å²) in [5.41, 5.74) is 9.42. The first-order chi connectivity index (χ1) is 18.8. The van der Waals surface area contributed by atoms with E-state index in [-0.39, 0.29) is 16.4 Å². The number of benzene rings is 3. The fourth-order valence-corrected chi connectivity index (χ4v) is 3.93. The number of imidazole rings is 1. The van der Waals surface area contributed by atoms with Gasteiger partial charge in [-0.3, -0.25) is 13.9 Å². The number of aromatic amines is 1. The van der Waals surface area contributed by atoms with Crippen molar-refractivity contribution in [3.8, 4) is 0 Å². The van der Waals surface area contributed by atoms with E-state index in [2.05, 4.69) is 9.97 Å². The summed E-state index contributed by atoms with van der Waals surface area (Å²) in [5, 5.41) is 0. The van der Waals surface area contributed by atoms with Gasteiger partial charge in [-0.1, -0.05) is 65.7 Å². The number of nitrogens with zero attached hydrogens (tertiary/aromatic N) is 1. The van der Waals surface area contributed by atoms with E-state index >= 15 is 0 Å². The van der Waals surface area contributed by atoms with Crippen molar-refractivity contribution in [3.63, 3.8) is 0 Å². The lowest BCUT2D eigenvalue weighted by Gasteiger charge is -2.10. The lowest BCUT2D eigenvalue weighted by molar-refractivity contribution is -0.146. The number of carbonyl (C=O) groups is 1. The molecule has 1 atom stereocenters. The van der Waals surface area contributed by atoms with Crippen LogP contribution < -0.4 is 5.73 Å². The number of hydrogen-bond acceptors (Lipinski definition) is 8. The number of esters is 1. The number of aromatic nitrogens is 2. The van der Waals surface area contributed by atoms with E-state index < -0.39 is 32.2 Å². The third-order valence-corrected chi connectivity index (χ3v) is 6.89. The molecule has 40 heavy (non-hydrogen) atoms. The molecule has 0 aliphatic carbocycles. The predicted octanol–water partition coefficient (Wildman–Crippen LogP) is 3.51. The monoisotopic (exact) mass is 589 g/mol. The summed E-state index contributed by atoms with van der Waals surface area (Å²) in [6, 6.07) is 20.8. The third-order valence-electron chi connectivity index (χ3n) is 5.16. The number of ether oxygens (including phenoxy) is 1. The van der Waals surface area contributed by atoms with Gasteiger partial charge in [-0.25, -0.2) is 4.98 Å². The molecule has 11 nitrogen and oxygen atoms in total. The smallest absolute Gasteiger partial charge is 0.323 e. The van der Waals surface area contributed by atoms with Crippen molar-refractivity contribution in [2.24, 2.45) is 5.73 Å². The molecule has 4 aromatic rings. The van der Waals surface area contributed by atoms with Crippen molar-refractivity contribution in [1.29, 1.82) is 0 Å². The maximum Gasteiger partial charge on any atom is 0.323 e. The molecule has 0 aliphatic rings. The van der Waals surface area contributed by atoms with Crippen LogP contribution >= 0.6 is 0 Å². The molecule has 0 aliphatic heterocycles. The molecule has 0 fully saturated rings. The molecule has 1 aromatic heterocycles. The van der Waals surface area contributed by atoms with E-state index in [1.54, 1.807) is 36.8 Å². The Kier molecular flexibility index (Phi) is 12.2. The van der Waals surface area contributed by atoms with Crippen LogP contribution in [0.25, 0.3) is 0 Å². The summed E-state index contributed by atoms with van der Waals surface area (Å²) in [4.78, 5) is 18.3. The van der Waals surface area contributed by atoms with Gasteiger partial charge in [0.2, 0.25) is 0 Å². The largest absolute Gasteiger partial charge is 0.460 e. The number of H-pyrrole nitrogens is 1. The molecule has 0 saturated heterocycles. The molecule has 0 spiro atoms. The van der Waals surface area contributed by atoms with Gasteiger partial charge in [0.1, 0.15) is 12.6 Å². The Balaban J connectivity index is 0.000000222. The molecular formula is C27H31N3O8S2. The second-order valence-electron chi connectivity index (χ2n) is 8.56. The van der Waals surface area contributed by atoms with Crippen molar-refractivity contribution >= 4 is 26.2 Å².